The van der Waals surface area contributed by atoms with Crippen molar-refractivity contribution in [3.8, 4) is 0 Å². The molecule has 3 heteroatoms. The maximum Gasteiger partial charge on any atom is 0.232 e. The summed E-state index contributed by atoms with van der Waals surface area (Å²) in [6, 6.07) is 5.62. The number of hydrogen-bond acceptors (Lipinski definition) is 1. The van der Waals surface area contributed by atoms with E-state index in [1.54, 1.807) is 6.07 Å². The summed E-state index contributed by atoms with van der Waals surface area (Å²) < 4.78 is 0. The van der Waals surface area contributed by atoms with Gasteiger partial charge in [0, 0.05) is 0 Å². The molecule has 1 atom stereocenters. The Morgan fingerprint density at radius 2 is 2.31 bits per heavy atom. The van der Waals surface area contributed by atoms with Crippen LogP contribution in [0, 0.1) is 0 Å². The van der Waals surface area contributed by atoms with Gasteiger partial charge in [-0.3, -0.25) is 4.79 Å². The molecule has 68 valence electrons. The van der Waals surface area contributed by atoms with Crippen LogP contribution in [-0.2, 0) is 4.79 Å². The Morgan fingerprint density at radius 3 is 3.00 bits per heavy atom. The van der Waals surface area contributed by atoms with Gasteiger partial charge < -0.3 is 5.32 Å². The number of halogens is 1. The van der Waals surface area contributed by atoms with Crippen LogP contribution in [0.5, 0.6) is 0 Å². The molecule has 0 spiro atoms. The Balaban J connectivity index is 2.54. The molecule has 0 bridgehead atoms. The molecule has 0 fully saturated rings. The summed E-state index contributed by atoms with van der Waals surface area (Å²) in [5.41, 5.74) is 1.82. The van der Waals surface area contributed by atoms with E-state index in [2.05, 4.69) is 5.32 Å². The molecule has 1 N–H and O–H groups in total. The van der Waals surface area contributed by atoms with E-state index in [4.69, 9.17) is 11.6 Å². The van der Waals surface area contributed by atoms with Crippen molar-refractivity contribution >= 4 is 23.2 Å². The van der Waals surface area contributed by atoms with Crippen LogP contribution in [-0.4, -0.2) is 5.91 Å². The summed E-state index contributed by atoms with van der Waals surface area (Å²) in [4.78, 5) is 11.4. The van der Waals surface area contributed by atoms with E-state index in [-0.39, 0.29) is 11.8 Å². The van der Waals surface area contributed by atoms with Crippen molar-refractivity contribution < 1.29 is 4.79 Å². The van der Waals surface area contributed by atoms with Gasteiger partial charge in [0.1, 0.15) is 0 Å². The van der Waals surface area contributed by atoms with Gasteiger partial charge in [0.25, 0.3) is 0 Å². The lowest BCUT2D eigenvalue weighted by molar-refractivity contribution is -0.117. The largest absolute Gasteiger partial charge is 0.324 e. The maximum atomic E-state index is 11.4. The highest BCUT2D eigenvalue weighted by molar-refractivity contribution is 6.34. The quantitative estimate of drug-likeness (QED) is 0.734. The predicted octanol–water partition coefficient (Wildman–Crippen LogP) is 2.79. The first-order chi connectivity index (χ1) is 6.24. The third-order valence-corrected chi connectivity index (χ3v) is 2.71. The number of amides is 1. The highest BCUT2D eigenvalue weighted by atomic mass is 35.5. The summed E-state index contributed by atoms with van der Waals surface area (Å²) in [6.07, 6.45) is 0.819. The molecule has 0 unspecified atom stereocenters. The fraction of sp³-hybridized carbons (Fsp3) is 0.300. The van der Waals surface area contributed by atoms with E-state index in [0.29, 0.717) is 5.02 Å². The Labute approximate surface area is 81.9 Å². The van der Waals surface area contributed by atoms with E-state index in [1.807, 2.05) is 19.1 Å². The summed E-state index contributed by atoms with van der Waals surface area (Å²) >= 11 is 5.94. The lowest BCUT2D eigenvalue weighted by Crippen LogP contribution is -2.10. The van der Waals surface area contributed by atoms with Gasteiger partial charge in [-0.15, -0.1) is 0 Å². The number of rotatable bonds is 1. The van der Waals surface area contributed by atoms with Gasteiger partial charge in [0.05, 0.1) is 16.6 Å². The molecule has 2 nitrogen and oxygen atoms in total. The Bertz CT molecular complexity index is 362. The van der Waals surface area contributed by atoms with Crippen LogP contribution in [0.1, 0.15) is 24.8 Å². The van der Waals surface area contributed by atoms with Crippen molar-refractivity contribution in [2.24, 2.45) is 0 Å². The number of hydrogen-bond donors (Lipinski definition) is 1. The SMILES string of the molecule is CC[C@H]1C(=O)Nc2c(Cl)cccc21. The standard InChI is InChI=1S/C10H10ClNO/c1-2-6-7-4-3-5-8(11)9(7)12-10(6)13/h3-6H,2H2,1H3,(H,12,13)/t6-/m1/s1. The first-order valence-electron chi connectivity index (χ1n) is 4.33. The molecule has 13 heavy (non-hydrogen) atoms. The fourth-order valence-corrected chi connectivity index (χ4v) is 1.95. The van der Waals surface area contributed by atoms with Crippen molar-refractivity contribution in [3.05, 3.63) is 28.8 Å². The zero-order chi connectivity index (χ0) is 9.42. The van der Waals surface area contributed by atoms with Gasteiger partial charge in [-0.2, -0.15) is 0 Å². The summed E-state index contributed by atoms with van der Waals surface area (Å²) in [7, 11) is 0. The van der Waals surface area contributed by atoms with Gasteiger partial charge in [-0.1, -0.05) is 30.7 Å². The topological polar surface area (TPSA) is 29.1 Å². The molecular formula is C10H10ClNO. The number of anilines is 1. The molecule has 1 aliphatic heterocycles. The minimum absolute atomic E-state index is 0.0197. The van der Waals surface area contributed by atoms with Crippen molar-refractivity contribution in [1.29, 1.82) is 0 Å². The van der Waals surface area contributed by atoms with Gasteiger partial charge >= 0.3 is 0 Å². The first-order valence-corrected chi connectivity index (χ1v) is 4.71. The molecule has 1 heterocycles. The molecular weight excluding hydrogens is 186 g/mol. The number of carbonyl (C=O) groups excluding carboxylic acids is 1. The highest BCUT2D eigenvalue weighted by Gasteiger charge is 2.29. The average Bonchev–Trinajstić information content (AvgIpc) is 2.43. The van der Waals surface area contributed by atoms with E-state index < -0.39 is 0 Å². The van der Waals surface area contributed by atoms with E-state index in [9.17, 15) is 4.79 Å². The monoisotopic (exact) mass is 195 g/mol. The molecule has 0 aromatic heterocycles. The third kappa shape index (κ3) is 1.22. The molecule has 2 rings (SSSR count). The van der Waals surface area contributed by atoms with Crippen molar-refractivity contribution in [1.82, 2.24) is 0 Å². The average molecular weight is 196 g/mol. The van der Waals surface area contributed by atoms with Gasteiger partial charge in [-0.25, -0.2) is 0 Å². The number of fused-ring (bicyclic) bond motifs is 1. The van der Waals surface area contributed by atoms with Gasteiger partial charge in [-0.05, 0) is 18.1 Å². The van der Waals surface area contributed by atoms with Crippen LogP contribution in [0.15, 0.2) is 18.2 Å². The summed E-state index contributed by atoms with van der Waals surface area (Å²) in [5, 5.41) is 3.42. The summed E-state index contributed by atoms with van der Waals surface area (Å²) in [5.74, 6) is 0.0410. The lowest BCUT2D eigenvalue weighted by atomic mass is 9.98. The van der Waals surface area contributed by atoms with Crippen molar-refractivity contribution in [2.45, 2.75) is 19.3 Å². The lowest BCUT2D eigenvalue weighted by Gasteiger charge is -2.03. The van der Waals surface area contributed by atoms with Crippen LogP contribution >= 0.6 is 11.6 Å². The maximum absolute atomic E-state index is 11.4. The van der Waals surface area contributed by atoms with Crippen LogP contribution in [0.3, 0.4) is 0 Å². The van der Waals surface area contributed by atoms with Gasteiger partial charge in [0.2, 0.25) is 5.91 Å². The van der Waals surface area contributed by atoms with Crippen molar-refractivity contribution in [2.75, 3.05) is 5.32 Å². The summed E-state index contributed by atoms with van der Waals surface area (Å²) in [6.45, 7) is 2.00. The second kappa shape index (κ2) is 3.04. The molecule has 1 amide bonds. The van der Waals surface area contributed by atoms with E-state index >= 15 is 0 Å². The zero-order valence-corrected chi connectivity index (χ0v) is 8.06. The van der Waals surface area contributed by atoms with Crippen LogP contribution in [0.4, 0.5) is 5.69 Å². The molecule has 0 radical (unpaired) electrons. The molecule has 0 aliphatic carbocycles. The highest BCUT2D eigenvalue weighted by Crippen LogP contribution is 2.38. The van der Waals surface area contributed by atoms with Gasteiger partial charge in [0.15, 0.2) is 0 Å². The number of benzene rings is 1. The molecule has 0 saturated carbocycles. The molecule has 1 aliphatic rings. The minimum Gasteiger partial charge on any atom is -0.324 e. The van der Waals surface area contributed by atoms with Crippen molar-refractivity contribution in [3.63, 3.8) is 0 Å². The smallest absolute Gasteiger partial charge is 0.232 e. The number of carbonyl (C=O) groups is 1. The van der Waals surface area contributed by atoms with E-state index in [0.717, 1.165) is 17.7 Å². The zero-order valence-electron chi connectivity index (χ0n) is 7.30. The molecule has 1 aromatic rings. The third-order valence-electron chi connectivity index (χ3n) is 2.39. The predicted molar refractivity (Wildman–Crippen MR) is 53.1 cm³/mol. The normalized spacial score (nSPS) is 19.8. The van der Waals surface area contributed by atoms with Crippen LogP contribution < -0.4 is 5.32 Å². The molecule has 1 aromatic carbocycles. The second-order valence-corrected chi connectivity index (χ2v) is 3.56. The first kappa shape index (κ1) is 8.57. The van der Waals surface area contributed by atoms with E-state index in [1.165, 1.54) is 0 Å². The fourth-order valence-electron chi connectivity index (χ4n) is 1.72. The Hall–Kier alpha value is -1.02. The number of para-hydroxylation sites is 1. The second-order valence-electron chi connectivity index (χ2n) is 3.15. The Morgan fingerprint density at radius 1 is 1.54 bits per heavy atom. The number of nitrogens with one attached hydrogen (secondary N) is 1. The Kier molecular flexibility index (Phi) is 2.00. The van der Waals surface area contributed by atoms with Crippen LogP contribution in [0.25, 0.3) is 0 Å². The molecule has 0 saturated heterocycles. The minimum atomic E-state index is -0.0197. The van der Waals surface area contributed by atoms with Crippen LogP contribution in [0.2, 0.25) is 5.02 Å².